The molecule has 0 heterocycles. The van der Waals surface area contributed by atoms with E-state index in [1.165, 1.54) is 12.1 Å². The molecule has 25 heavy (non-hydrogen) atoms. The molecule has 2 rings (SSSR count). The molecule has 0 saturated carbocycles. The molecule has 0 aliphatic carbocycles. The van der Waals surface area contributed by atoms with Crippen LogP contribution in [0.15, 0.2) is 48.5 Å². The van der Waals surface area contributed by atoms with Gasteiger partial charge in [0.15, 0.2) is 6.10 Å². The summed E-state index contributed by atoms with van der Waals surface area (Å²) < 4.78 is 43.7. The fraction of sp³-hybridized carbons (Fsp3) is 0.222. The fourth-order valence-electron chi connectivity index (χ4n) is 2.11. The molecule has 0 radical (unpaired) electrons. The standard InChI is InChI=1S/C18H16F3NO3/c1-2-16(25-15-8-6-12(11-23)7-9-15)17(24)22-14-5-3-4-13(10-14)18(19,20)21/h3-11,16H,2H2,1H3,(H,22,24). The highest BCUT2D eigenvalue weighted by Gasteiger charge is 2.30. The Hall–Kier alpha value is -2.83. The summed E-state index contributed by atoms with van der Waals surface area (Å²) in [5.74, 6) is -0.169. The van der Waals surface area contributed by atoms with E-state index in [-0.39, 0.29) is 5.69 Å². The van der Waals surface area contributed by atoms with E-state index < -0.39 is 23.8 Å². The van der Waals surface area contributed by atoms with Crippen LogP contribution in [-0.2, 0) is 11.0 Å². The summed E-state index contributed by atoms with van der Waals surface area (Å²) in [6.07, 6.45) is -4.36. The second kappa shape index (κ2) is 7.83. The van der Waals surface area contributed by atoms with Gasteiger partial charge in [0, 0.05) is 11.3 Å². The second-order valence-electron chi connectivity index (χ2n) is 5.27. The Morgan fingerprint density at radius 2 is 1.88 bits per heavy atom. The summed E-state index contributed by atoms with van der Waals surface area (Å²) in [6.45, 7) is 1.72. The molecular formula is C18H16F3NO3. The van der Waals surface area contributed by atoms with Crippen molar-refractivity contribution in [1.29, 1.82) is 0 Å². The van der Waals surface area contributed by atoms with Crippen molar-refractivity contribution in [3.05, 3.63) is 59.7 Å². The molecule has 7 heteroatoms. The highest BCUT2D eigenvalue weighted by atomic mass is 19.4. The molecule has 1 amide bonds. The van der Waals surface area contributed by atoms with Crippen LogP contribution in [0.25, 0.3) is 0 Å². The van der Waals surface area contributed by atoms with Crippen LogP contribution in [0.4, 0.5) is 18.9 Å². The molecule has 132 valence electrons. The molecule has 2 aromatic carbocycles. The summed E-state index contributed by atoms with van der Waals surface area (Å²) in [4.78, 5) is 22.9. The lowest BCUT2D eigenvalue weighted by atomic mass is 10.2. The van der Waals surface area contributed by atoms with Crippen molar-refractivity contribution < 1.29 is 27.5 Å². The van der Waals surface area contributed by atoms with E-state index >= 15 is 0 Å². The summed E-state index contributed by atoms with van der Waals surface area (Å²) in [5, 5.41) is 2.43. The predicted molar refractivity (Wildman–Crippen MR) is 86.6 cm³/mol. The number of anilines is 1. The smallest absolute Gasteiger partial charge is 0.416 e. The first-order chi connectivity index (χ1) is 11.8. The predicted octanol–water partition coefficient (Wildman–Crippen LogP) is 4.31. The normalized spacial score (nSPS) is 12.3. The maximum absolute atomic E-state index is 12.7. The Morgan fingerprint density at radius 1 is 1.20 bits per heavy atom. The monoisotopic (exact) mass is 351 g/mol. The first kappa shape index (κ1) is 18.5. The Labute approximate surface area is 142 Å². The van der Waals surface area contributed by atoms with Crippen molar-refractivity contribution in [2.45, 2.75) is 25.6 Å². The second-order valence-corrected chi connectivity index (χ2v) is 5.27. The van der Waals surface area contributed by atoms with E-state index in [0.717, 1.165) is 12.1 Å². The fourth-order valence-corrected chi connectivity index (χ4v) is 2.11. The van der Waals surface area contributed by atoms with Crippen LogP contribution in [0.5, 0.6) is 5.75 Å². The van der Waals surface area contributed by atoms with E-state index in [2.05, 4.69) is 5.32 Å². The molecule has 0 aliphatic rings. The van der Waals surface area contributed by atoms with E-state index in [4.69, 9.17) is 4.74 Å². The molecule has 1 N–H and O–H groups in total. The van der Waals surface area contributed by atoms with E-state index in [0.29, 0.717) is 24.0 Å². The maximum atomic E-state index is 12.7. The number of halogens is 3. The maximum Gasteiger partial charge on any atom is 0.416 e. The average molecular weight is 351 g/mol. The first-order valence-electron chi connectivity index (χ1n) is 7.53. The van der Waals surface area contributed by atoms with E-state index in [1.807, 2.05) is 0 Å². The third-order valence-corrected chi connectivity index (χ3v) is 3.42. The zero-order chi connectivity index (χ0) is 18.4. The van der Waals surface area contributed by atoms with Crippen molar-refractivity contribution >= 4 is 17.9 Å². The van der Waals surface area contributed by atoms with Gasteiger partial charge in [0.25, 0.3) is 5.91 Å². The van der Waals surface area contributed by atoms with Crippen molar-refractivity contribution in [3.8, 4) is 5.75 Å². The molecule has 0 aromatic heterocycles. The lowest BCUT2D eigenvalue weighted by Crippen LogP contribution is -2.32. The van der Waals surface area contributed by atoms with E-state index in [9.17, 15) is 22.8 Å². The summed E-state index contributed by atoms with van der Waals surface area (Å²) in [6, 6.07) is 10.6. The quantitative estimate of drug-likeness (QED) is 0.789. The number of carbonyl (C=O) groups excluding carboxylic acids is 2. The highest BCUT2D eigenvalue weighted by Crippen LogP contribution is 2.30. The minimum atomic E-state index is -4.48. The van der Waals surface area contributed by atoms with Gasteiger partial charge in [0.1, 0.15) is 12.0 Å². The Bertz CT molecular complexity index is 742. The number of rotatable bonds is 6. The van der Waals surface area contributed by atoms with Crippen LogP contribution < -0.4 is 10.1 Å². The van der Waals surface area contributed by atoms with Gasteiger partial charge in [-0.2, -0.15) is 13.2 Å². The zero-order valence-electron chi connectivity index (χ0n) is 13.3. The topological polar surface area (TPSA) is 55.4 Å². The van der Waals surface area contributed by atoms with Crippen LogP contribution >= 0.6 is 0 Å². The third-order valence-electron chi connectivity index (χ3n) is 3.42. The molecule has 0 saturated heterocycles. The van der Waals surface area contributed by atoms with Crippen molar-refractivity contribution in [1.82, 2.24) is 0 Å². The largest absolute Gasteiger partial charge is 0.481 e. The average Bonchev–Trinajstić information content (AvgIpc) is 2.59. The number of hydrogen-bond acceptors (Lipinski definition) is 3. The first-order valence-corrected chi connectivity index (χ1v) is 7.53. The number of ether oxygens (including phenoxy) is 1. The Balaban J connectivity index is 2.08. The Morgan fingerprint density at radius 3 is 2.44 bits per heavy atom. The van der Waals surface area contributed by atoms with Gasteiger partial charge in [-0.3, -0.25) is 9.59 Å². The molecule has 0 fully saturated rings. The number of carbonyl (C=O) groups is 2. The van der Waals surface area contributed by atoms with Crippen molar-refractivity contribution in [2.75, 3.05) is 5.32 Å². The molecule has 1 unspecified atom stereocenters. The van der Waals surface area contributed by atoms with Crippen LogP contribution in [0, 0.1) is 0 Å². The van der Waals surface area contributed by atoms with Gasteiger partial charge in [-0.1, -0.05) is 13.0 Å². The van der Waals surface area contributed by atoms with Gasteiger partial charge in [-0.05, 0) is 48.9 Å². The van der Waals surface area contributed by atoms with Crippen molar-refractivity contribution in [3.63, 3.8) is 0 Å². The zero-order valence-corrected chi connectivity index (χ0v) is 13.3. The molecule has 1 atom stereocenters. The van der Waals surface area contributed by atoms with E-state index in [1.54, 1.807) is 31.2 Å². The number of nitrogens with one attached hydrogen (secondary N) is 1. The lowest BCUT2D eigenvalue weighted by molar-refractivity contribution is -0.137. The van der Waals surface area contributed by atoms with Crippen LogP contribution in [0.1, 0.15) is 29.3 Å². The SMILES string of the molecule is CCC(Oc1ccc(C=O)cc1)C(=O)Nc1cccc(C(F)(F)F)c1. The summed E-state index contributed by atoms with van der Waals surface area (Å²) in [7, 11) is 0. The third kappa shape index (κ3) is 5.07. The van der Waals surface area contributed by atoms with Crippen LogP contribution in [-0.4, -0.2) is 18.3 Å². The van der Waals surface area contributed by atoms with Gasteiger partial charge in [0.2, 0.25) is 0 Å². The van der Waals surface area contributed by atoms with Crippen LogP contribution in [0.3, 0.4) is 0 Å². The van der Waals surface area contributed by atoms with Gasteiger partial charge in [0.05, 0.1) is 5.56 Å². The minimum Gasteiger partial charge on any atom is -0.481 e. The lowest BCUT2D eigenvalue weighted by Gasteiger charge is -2.18. The minimum absolute atomic E-state index is 0.0400. The van der Waals surface area contributed by atoms with Gasteiger partial charge in [-0.25, -0.2) is 0 Å². The van der Waals surface area contributed by atoms with Crippen molar-refractivity contribution in [2.24, 2.45) is 0 Å². The number of benzene rings is 2. The van der Waals surface area contributed by atoms with Gasteiger partial charge >= 0.3 is 6.18 Å². The number of alkyl halides is 3. The molecule has 4 nitrogen and oxygen atoms in total. The summed E-state index contributed by atoms with van der Waals surface area (Å²) in [5.41, 5.74) is -0.337. The summed E-state index contributed by atoms with van der Waals surface area (Å²) >= 11 is 0. The molecular weight excluding hydrogens is 335 g/mol. The number of aldehydes is 1. The molecule has 0 bridgehead atoms. The molecule has 2 aromatic rings. The van der Waals surface area contributed by atoms with Gasteiger partial charge < -0.3 is 10.1 Å². The Kier molecular flexibility index (Phi) is 5.80. The molecule has 0 aliphatic heterocycles. The molecule has 0 spiro atoms. The van der Waals surface area contributed by atoms with Gasteiger partial charge in [-0.15, -0.1) is 0 Å². The van der Waals surface area contributed by atoms with Crippen LogP contribution in [0.2, 0.25) is 0 Å². The number of amides is 1. The highest BCUT2D eigenvalue weighted by molar-refractivity contribution is 5.94. The number of hydrogen-bond donors (Lipinski definition) is 1.